The predicted octanol–water partition coefficient (Wildman–Crippen LogP) is 2.92. The average molecular weight is 173 g/mol. The molecular weight excluding hydrogens is 158 g/mol. The van der Waals surface area contributed by atoms with Gasteiger partial charge in [0.2, 0.25) is 0 Å². The quantitative estimate of drug-likeness (QED) is 0.635. The lowest BCUT2D eigenvalue weighted by Gasteiger charge is -2.03. The minimum Gasteiger partial charge on any atom is -0.261 e. The van der Waals surface area contributed by atoms with Crippen molar-refractivity contribution >= 4 is 11.6 Å². The zero-order valence-electron chi connectivity index (χ0n) is 10.8. The molecule has 1 aromatic heterocycles. The van der Waals surface area contributed by atoms with Gasteiger partial charge >= 0.3 is 0 Å². The third kappa shape index (κ3) is 1.25. The van der Waals surface area contributed by atoms with Crippen LogP contribution in [0.1, 0.15) is 36.9 Å². The Balaban J connectivity index is 2.67. The first kappa shape index (κ1) is 3.44. The topological polar surface area (TPSA) is 12.9 Å². The van der Waals surface area contributed by atoms with Gasteiger partial charge in [0, 0.05) is 21.0 Å². The molecule has 0 spiro atoms. The smallest absolute Gasteiger partial charge is 0.0840 e. The molecule has 2 rings (SSSR count). The summed E-state index contributed by atoms with van der Waals surface area (Å²) in [7, 11) is 0. The zero-order chi connectivity index (χ0) is 12.1. The van der Waals surface area contributed by atoms with Crippen LogP contribution < -0.4 is 0 Å². The highest BCUT2D eigenvalue weighted by molar-refractivity contribution is 6.31. The monoisotopic (exact) mass is 172 g/mol. The molecule has 0 saturated heterocycles. The van der Waals surface area contributed by atoms with E-state index in [1.165, 1.54) is 0 Å². The second kappa shape index (κ2) is 2.49. The van der Waals surface area contributed by atoms with E-state index in [0.717, 1.165) is 12.8 Å². The Morgan fingerprint density at radius 2 is 2.64 bits per heavy atom. The highest BCUT2D eigenvalue weighted by Gasteiger charge is 2.27. The van der Waals surface area contributed by atoms with Crippen LogP contribution in [-0.2, 0) is 0 Å². The van der Waals surface area contributed by atoms with E-state index in [2.05, 4.69) is 4.98 Å². The molecule has 1 aromatic rings. The van der Waals surface area contributed by atoms with Crippen LogP contribution in [0.3, 0.4) is 0 Å². The minimum absolute atomic E-state index is 0.0774. The summed E-state index contributed by atoms with van der Waals surface area (Å²) in [5.74, 6) is 0.0973. The van der Waals surface area contributed by atoms with Crippen LogP contribution in [-0.4, -0.2) is 4.98 Å². The molecule has 0 amide bonds. The normalized spacial score (nSPS) is 24.6. The molecule has 2 heteroatoms. The van der Waals surface area contributed by atoms with Crippen LogP contribution in [0.4, 0.5) is 0 Å². The van der Waals surface area contributed by atoms with Crippen LogP contribution in [0.15, 0.2) is 12.2 Å². The minimum atomic E-state index is -2.37. The second-order valence-electron chi connectivity index (χ2n) is 2.70. The van der Waals surface area contributed by atoms with Crippen LogP contribution in [0.25, 0.3) is 0 Å². The maximum atomic E-state index is 7.54. The zero-order valence-corrected chi connectivity index (χ0v) is 6.57. The number of aromatic nitrogens is 1. The summed E-state index contributed by atoms with van der Waals surface area (Å²) in [6.45, 7) is -2.37. The summed E-state index contributed by atoms with van der Waals surface area (Å²) in [4.78, 5) is 3.70. The van der Waals surface area contributed by atoms with Gasteiger partial charge in [0.15, 0.2) is 0 Å². The van der Waals surface area contributed by atoms with Crippen molar-refractivity contribution in [3.05, 3.63) is 28.5 Å². The summed E-state index contributed by atoms with van der Waals surface area (Å²) >= 11 is 5.95. The lowest BCUT2D eigenvalue weighted by atomic mass is 10.1. The van der Waals surface area contributed by atoms with E-state index in [1.54, 1.807) is 0 Å². The molecule has 1 heterocycles. The molecule has 0 N–H and O–H groups in total. The Morgan fingerprint density at radius 1 is 1.82 bits per heavy atom. The summed E-state index contributed by atoms with van der Waals surface area (Å²) < 4.78 is 37.0. The fourth-order valence-electron chi connectivity index (χ4n) is 1.11. The highest BCUT2D eigenvalue weighted by atomic mass is 35.5. The fourth-order valence-corrected chi connectivity index (χ4v) is 1.40. The van der Waals surface area contributed by atoms with Gasteiger partial charge in [-0.3, -0.25) is 4.98 Å². The molecule has 11 heavy (non-hydrogen) atoms. The first-order valence-electron chi connectivity index (χ1n) is 5.99. The maximum absolute atomic E-state index is 7.54. The molecule has 1 aliphatic rings. The number of halogens is 1. The van der Waals surface area contributed by atoms with Crippen molar-refractivity contribution in [3.8, 4) is 0 Å². The standard InChI is InChI=1S/C9H10ClN/c1-6-9(7-2-3-7)8(10)4-5-11-6/h4-5,7H,2-3H2,1H3/i1D3,4D,5D. The van der Waals surface area contributed by atoms with Gasteiger partial charge in [0.05, 0.1) is 2.74 Å². The van der Waals surface area contributed by atoms with Gasteiger partial charge in [-0.15, -0.1) is 0 Å². The molecule has 0 aliphatic heterocycles. The van der Waals surface area contributed by atoms with Crippen molar-refractivity contribution in [2.24, 2.45) is 0 Å². The molecule has 0 bridgehead atoms. The van der Waals surface area contributed by atoms with Gasteiger partial charge in [-0.05, 0) is 37.2 Å². The molecule has 0 atom stereocenters. The lowest BCUT2D eigenvalue weighted by Crippen LogP contribution is -1.90. The molecule has 1 fully saturated rings. The molecule has 1 aliphatic carbocycles. The maximum Gasteiger partial charge on any atom is 0.0840 e. The number of aryl methyl sites for hydroxylation is 1. The fraction of sp³-hybridized carbons (Fsp3) is 0.444. The number of pyridine rings is 1. The number of rotatable bonds is 1. The van der Waals surface area contributed by atoms with Crippen molar-refractivity contribution in [3.63, 3.8) is 0 Å². The first-order chi connectivity index (χ1) is 7.32. The molecule has 1 nitrogen and oxygen atoms in total. The van der Waals surface area contributed by atoms with Crippen LogP contribution >= 0.6 is 11.6 Å². The van der Waals surface area contributed by atoms with Crippen LogP contribution in [0.5, 0.6) is 0 Å². The van der Waals surface area contributed by atoms with Crippen molar-refractivity contribution in [2.45, 2.75) is 25.6 Å². The number of hydrogen-bond acceptors (Lipinski definition) is 1. The Kier molecular flexibility index (Phi) is 0.779. The van der Waals surface area contributed by atoms with E-state index in [0.29, 0.717) is 5.56 Å². The largest absolute Gasteiger partial charge is 0.261 e. The van der Waals surface area contributed by atoms with Crippen molar-refractivity contribution in [1.29, 1.82) is 0 Å². The second-order valence-corrected chi connectivity index (χ2v) is 3.08. The van der Waals surface area contributed by atoms with E-state index in [9.17, 15) is 0 Å². The van der Waals surface area contributed by atoms with Crippen molar-refractivity contribution in [2.75, 3.05) is 0 Å². The SMILES string of the molecule is [2H]c1nc(C([2H])([2H])[2H])c(C2CC2)c(Cl)c1[2H]. The number of hydrogen-bond donors (Lipinski definition) is 0. The van der Waals surface area contributed by atoms with Crippen LogP contribution in [0, 0.1) is 6.85 Å². The predicted molar refractivity (Wildman–Crippen MR) is 46.0 cm³/mol. The molecule has 0 radical (unpaired) electrons. The van der Waals surface area contributed by atoms with Gasteiger partial charge in [0.25, 0.3) is 0 Å². The summed E-state index contributed by atoms with van der Waals surface area (Å²) in [6, 6.07) is -0.184. The Bertz CT molecular complexity index is 439. The van der Waals surface area contributed by atoms with E-state index in [4.69, 9.17) is 18.5 Å². The molecular formula is C9H10ClN. The highest BCUT2D eigenvalue weighted by Crippen LogP contribution is 2.44. The van der Waals surface area contributed by atoms with E-state index in [1.807, 2.05) is 0 Å². The third-order valence-electron chi connectivity index (χ3n) is 1.81. The summed E-state index contributed by atoms with van der Waals surface area (Å²) in [5, 5.41) is 0.0774. The average Bonchev–Trinajstić information content (AvgIpc) is 2.95. The molecule has 1 saturated carbocycles. The molecule has 0 unspecified atom stereocenters. The first-order valence-corrected chi connectivity index (χ1v) is 3.87. The van der Waals surface area contributed by atoms with Gasteiger partial charge in [-0.1, -0.05) is 11.6 Å². The lowest BCUT2D eigenvalue weighted by molar-refractivity contribution is 1.04. The Hall–Kier alpha value is -0.560. The van der Waals surface area contributed by atoms with E-state index >= 15 is 0 Å². The summed E-state index contributed by atoms with van der Waals surface area (Å²) in [6.07, 6.45) is 1.38. The summed E-state index contributed by atoms with van der Waals surface area (Å²) in [5.41, 5.74) is 0.337. The number of nitrogens with zero attached hydrogens (tertiary/aromatic N) is 1. The molecule has 58 valence electrons. The van der Waals surface area contributed by atoms with Crippen molar-refractivity contribution < 1.29 is 6.85 Å². The van der Waals surface area contributed by atoms with Crippen LogP contribution in [0.2, 0.25) is 5.02 Å². The van der Waals surface area contributed by atoms with E-state index in [-0.39, 0.29) is 28.8 Å². The third-order valence-corrected chi connectivity index (χ3v) is 2.11. The van der Waals surface area contributed by atoms with Gasteiger partial charge in [-0.25, -0.2) is 0 Å². The van der Waals surface area contributed by atoms with E-state index < -0.39 is 6.85 Å². The Labute approximate surface area is 78.4 Å². The van der Waals surface area contributed by atoms with Gasteiger partial charge in [0.1, 0.15) is 0 Å². The van der Waals surface area contributed by atoms with Gasteiger partial charge in [-0.2, -0.15) is 0 Å². The van der Waals surface area contributed by atoms with Gasteiger partial charge < -0.3 is 0 Å². The Morgan fingerprint density at radius 3 is 3.27 bits per heavy atom. The molecule has 0 aromatic carbocycles. The van der Waals surface area contributed by atoms with Crippen molar-refractivity contribution in [1.82, 2.24) is 4.98 Å².